The molecule has 0 bridgehead atoms. The number of aliphatic hydroxyl groups is 1. The smallest absolute Gasteiger partial charge is 0.104 e. The van der Waals surface area contributed by atoms with Crippen molar-refractivity contribution >= 4 is 0 Å². The van der Waals surface area contributed by atoms with Gasteiger partial charge in [-0.2, -0.15) is 0 Å². The summed E-state index contributed by atoms with van der Waals surface area (Å²) < 4.78 is 0. The molecule has 0 radical (unpaired) electrons. The van der Waals surface area contributed by atoms with Crippen molar-refractivity contribution in [2.75, 3.05) is 0 Å². The summed E-state index contributed by atoms with van der Waals surface area (Å²) in [4.78, 5) is 0. The molecular weight excluding hydrogens is 220 g/mol. The van der Waals surface area contributed by atoms with E-state index in [1.165, 1.54) is 29.5 Å². The van der Waals surface area contributed by atoms with Crippen LogP contribution in [-0.2, 0) is 12.8 Å². The van der Waals surface area contributed by atoms with Gasteiger partial charge in [0, 0.05) is 0 Å². The predicted molar refractivity (Wildman–Crippen MR) is 73.7 cm³/mol. The molecule has 2 aromatic carbocycles. The van der Waals surface area contributed by atoms with Crippen LogP contribution in [0.25, 0.3) is 0 Å². The average molecular weight is 238 g/mol. The second-order valence-electron chi connectivity index (χ2n) is 5.19. The van der Waals surface area contributed by atoms with Crippen molar-refractivity contribution < 1.29 is 5.11 Å². The molecule has 18 heavy (non-hydrogen) atoms. The number of hydrogen-bond donors (Lipinski definition) is 1. The molecular formula is C17H18O. The summed E-state index contributed by atoms with van der Waals surface area (Å²) in [5.41, 5.74) is 6.08. The molecule has 0 saturated carbocycles. The van der Waals surface area contributed by atoms with E-state index < -0.39 is 6.10 Å². The van der Waals surface area contributed by atoms with Crippen molar-refractivity contribution in [3.63, 3.8) is 0 Å². The van der Waals surface area contributed by atoms with Crippen molar-refractivity contribution in [2.24, 2.45) is 0 Å². The highest BCUT2D eigenvalue weighted by atomic mass is 16.3. The molecule has 2 aromatic rings. The molecule has 1 aliphatic carbocycles. The molecule has 0 aliphatic heterocycles. The molecule has 1 aliphatic rings. The topological polar surface area (TPSA) is 20.2 Å². The summed E-state index contributed by atoms with van der Waals surface area (Å²) in [6.07, 6.45) is 3.09. The molecule has 1 atom stereocenters. The molecule has 3 rings (SSSR count). The maximum atomic E-state index is 10.4. The van der Waals surface area contributed by atoms with Crippen LogP contribution in [0.3, 0.4) is 0 Å². The lowest BCUT2D eigenvalue weighted by molar-refractivity contribution is 0.220. The fraction of sp³-hybridized carbons (Fsp3) is 0.294. The van der Waals surface area contributed by atoms with Gasteiger partial charge in [-0.3, -0.25) is 0 Å². The van der Waals surface area contributed by atoms with E-state index in [9.17, 15) is 5.11 Å². The fourth-order valence-electron chi connectivity index (χ4n) is 2.70. The van der Waals surface area contributed by atoms with Gasteiger partial charge in [0.05, 0.1) is 0 Å². The first-order valence-electron chi connectivity index (χ1n) is 6.60. The summed E-state index contributed by atoms with van der Waals surface area (Å²) >= 11 is 0. The molecule has 1 unspecified atom stereocenters. The Morgan fingerprint density at radius 1 is 0.889 bits per heavy atom. The van der Waals surface area contributed by atoms with Gasteiger partial charge in [-0.25, -0.2) is 0 Å². The SMILES string of the molecule is Cc1ccc(C(O)c2ccc3c(c2)CCC3)cc1. The van der Waals surface area contributed by atoms with Gasteiger partial charge in [0.1, 0.15) is 6.10 Å². The van der Waals surface area contributed by atoms with Gasteiger partial charge in [-0.05, 0) is 48.4 Å². The number of fused-ring (bicyclic) bond motifs is 1. The summed E-state index contributed by atoms with van der Waals surface area (Å²) in [6.45, 7) is 2.06. The monoisotopic (exact) mass is 238 g/mol. The zero-order valence-corrected chi connectivity index (χ0v) is 10.7. The van der Waals surface area contributed by atoms with Crippen LogP contribution in [0.1, 0.15) is 40.3 Å². The second-order valence-corrected chi connectivity index (χ2v) is 5.19. The summed E-state index contributed by atoms with van der Waals surface area (Å²) in [7, 11) is 0. The van der Waals surface area contributed by atoms with E-state index in [4.69, 9.17) is 0 Å². The summed E-state index contributed by atoms with van der Waals surface area (Å²) in [5, 5.41) is 10.4. The molecule has 0 saturated heterocycles. The van der Waals surface area contributed by atoms with Gasteiger partial charge in [0.15, 0.2) is 0 Å². The lowest BCUT2D eigenvalue weighted by Gasteiger charge is -2.13. The van der Waals surface area contributed by atoms with E-state index in [2.05, 4.69) is 25.1 Å². The van der Waals surface area contributed by atoms with Gasteiger partial charge in [0.25, 0.3) is 0 Å². The molecule has 1 heteroatoms. The number of aryl methyl sites for hydroxylation is 3. The van der Waals surface area contributed by atoms with Crippen molar-refractivity contribution in [1.82, 2.24) is 0 Å². The third-order valence-corrected chi connectivity index (χ3v) is 3.83. The Morgan fingerprint density at radius 3 is 2.33 bits per heavy atom. The van der Waals surface area contributed by atoms with Crippen LogP contribution in [0.2, 0.25) is 0 Å². The molecule has 1 nitrogen and oxygen atoms in total. The predicted octanol–water partition coefficient (Wildman–Crippen LogP) is 3.57. The first-order valence-corrected chi connectivity index (χ1v) is 6.60. The molecule has 0 heterocycles. The fourth-order valence-corrected chi connectivity index (χ4v) is 2.70. The summed E-state index contributed by atoms with van der Waals surface area (Å²) in [5.74, 6) is 0. The van der Waals surface area contributed by atoms with Crippen molar-refractivity contribution in [2.45, 2.75) is 32.3 Å². The second kappa shape index (κ2) is 4.58. The van der Waals surface area contributed by atoms with Crippen LogP contribution >= 0.6 is 0 Å². The molecule has 0 amide bonds. The first kappa shape index (κ1) is 11.5. The highest BCUT2D eigenvalue weighted by Gasteiger charge is 2.15. The normalized spacial score (nSPS) is 15.4. The molecule has 0 aromatic heterocycles. The minimum Gasteiger partial charge on any atom is -0.384 e. The average Bonchev–Trinajstić information content (AvgIpc) is 2.86. The van der Waals surface area contributed by atoms with Crippen LogP contribution in [0.15, 0.2) is 42.5 Å². The lowest BCUT2D eigenvalue weighted by atomic mass is 9.97. The van der Waals surface area contributed by atoms with E-state index >= 15 is 0 Å². The third kappa shape index (κ3) is 2.06. The largest absolute Gasteiger partial charge is 0.384 e. The maximum absolute atomic E-state index is 10.4. The maximum Gasteiger partial charge on any atom is 0.104 e. The minimum absolute atomic E-state index is 0.503. The van der Waals surface area contributed by atoms with E-state index in [0.717, 1.165) is 17.5 Å². The van der Waals surface area contributed by atoms with E-state index in [0.29, 0.717) is 0 Å². The highest BCUT2D eigenvalue weighted by Crippen LogP contribution is 2.28. The number of rotatable bonds is 2. The van der Waals surface area contributed by atoms with Gasteiger partial charge in [-0.1, -0.05) is 48.0 Å². The Hall–Kier alpha value is -1.60. The van der Waals surface area contributed by atoms with Crippen LogP contribution < -0.4 is 0 Å². The third-order valence-electron chi connectivity index (χ3n) is 3.83. The van der Waals surface area contributed by atoms with Crippen LogP contribution in [-0.4, -0.2) is 5.11 Å². The van der Waals surface area contributed by atoms with Crippen LogP contribution in [0.4, 0.5) is 0 Å². The first-order chi connectivity index (χ1) is 8.74. The lowest BCUT2D eigenvalue weighted by Crippen LogP contribution is -2.00. The number of benzene rings is 2. The van der Waals surface area contributed by atoms with Crippen molar-refractivity contribution in [1.29, 1.82) is 0 Å². The minimum atomic E-state index is -0.503. The van der Waals surface area contributed by atoms with Crippen LogP contribution in [0.5, 0.6) is 0 Å². The van der Waals surface area contributed by atoms with Gasteiger partial charge >= 0.3 is 0 Å². The van der Waals surface area contributed by atoms with Crippen LogP contribution in [0, 0.1) is 6.92 Å². The van der Waals surface area contributed by atoms with Gasteiger partial charge < -0.3 is 5.11 Å². The Kier molecular flexibility index (Phi) is 2.92. The van der Waals surface area contributed by atoms with E-state index in [1.54, 1.807) is 0 Å². The molecule has 92 valence electrons. The Balaban J connectivity index is 1.92. The Bertz CT molecular complexity index is 554. The van der Waals surface area contributed by atoms with Crippen molar-refractivity contribution in [3.05, 3.63) is 70.3 Å². The molecule has 0 fully saturated rings. The van der Waals surface area contributed by atoms with E-state index in [1.807, 2.05) is 24.3 Å². The Labute approximate surface area is 108 Å². The van der Waals surface area contributed by atoms with Crippen molar-refractivity contribution in [3.8, 4) is 0 Å². The number of hydrogen-bond acceptors (Lipinski definition) is 1. The quantitative estimate of drug-likeness (QED) is 0.848. The van der Waals surface area contributed by atoms with E-state index in [-0.39, 0.29) is 0 Å². The zero-order valence-electron chi connectivity index (χ0n) is 10.7. The molecule has 1 N–H and O–H groups in total. The van der Waals surface area contributed by atoms with Gasteiger partial charge in [0.2, 0.25) is 0 Å². The summed E-state index contributed by atoms with van der Waals surface area (Å²) in [6, 6.07) is 14.5. The standard InChI is InChI=1S/C17H18O/c1-12-5-7-14(8-6-12)17(18)16-10-9-13-3-2-4-15(13)11-16/h5-11,17-18H,2-4H2,1H3. The highest BCUT2D eigenvalue weighted by molar-refractivity contribution is 5.39. The van der Waals surface area contributed by atoms with Gasteiger partial charge in [-0.15, -0.1) is 0 Å². The Morgan fingerprint density at radius 2 is 1.56 bits per heavy atom. The number of aliphatic hydroxyl groups excluding tert-OH is 1. The molecule has 0 spiro atoms. The zero-order chi connectivity index (χ0) is 12.5.